The van der Waals surface area contributed by atoms with Gasteiger partial charge in [0.25, 0.3) is 0 Å². The molecule has 3 aliphatic carbocycles. The second kappa shape index (κ2) is 14.3. The fraction of sp³-hybridized carbons (Fsp3) is 0.558. The Morgan fingerprint density at radius 2 is 1.57 bits per heavy atom. The number of ether oxygens (including phenoxy) is 6. The molecular weight excluding hydrogens is 754 g/mol. The van der Waals surface area contributed by atoms with Gasteiger partial charge in [0.2, 0.25) is 0 Å². The number of Topliss-reactive ketones (excluding diaryl/α,β-unsaturated/α-hetero) is 1. The number of hydrogen-bond donors (Lipinski definition) is 4. The molecule has 2 aliphatic heterocycles. The molecule has 15 nitrogen and oxygen atoms in total. The van der Waals surface area contributed by atoms with Crippen LogP contribution in [-0.4, -0.2) is 111 Å². The standard InChI is InChI=1S/C43H51NO14/c1-21-25(54-37(50)29(47)27(23-15-11-9-12-16-23)44-38(51)58-39(3,4)5)19-43(52)35(56-36(49)24-17-13-10-14-18-24)31-41(8,32(48)28(46)26(21)40(43,6)7)33-30(55-33)34-42(31,20-53-34)57-22(2)45/h9-18,25,27-31,33-35,46-47,52H,19-20H2,1-8H3,(H,44,51)/t25-,27+,28-,29+,30-,31+,33+,34-,35-,41-,42-,43-/m1/s1. The van der Waals surface area contributed by atoms with E-state index in [0.29, 0.717) is 5.56 Å². The molecule has 2 bridgehead atoms. The van der Waals surface area contributed by atoms with Gasteiger partial charge in [0.05, 0.1) is 35.6 Å². The number of carbonyl (C=O) groups is 5. The van der Waals surface area contributed by atoms with Crippen LogP contribution in [0.25, 0.3) is 0 Å². The number of aliphatic hydroxyl groups is 3. The van der Waals surface area contributed by atoms with E-state index < -0.39 is 119 Å². The lowest BCUT2D eigenvalue weighted by Gasteiger charge is -2.65. The maximum absolute atomic E-state index is 15.1. The van der Waals surface area contributed by atoms with Crippen molar-refractivity contribution in [2.45, 2.75) is 127 Å². The van der Waals surface area contributed by atoms with Crippen LogP contribution in [0, 0.1) is 16.7 Å². The Labute approximate surface area is 336 Å². The first-order valence-electron chi connectivity index (χ1n) is 19.4. The third-order valence-electron chi connectivity index (χ3n) is 12.8. The summed E-state index contributed by atoms with van der Waals surface area (Å²) < 4.78 is 35.9. The topological polar surface area (TPSA) is 217 Å². The number of rotatable bonds is 8. The highest BCUT2D eigenvalue weighted by atomic mass is 16.7. The second-order valence-corrected chi connectivity index (χ2v) is 17.8. The molecule has 5 aliphatic rings. The first-order chi connectivity index (χ1) is 27.1. The zero-order valence-electron chi connectivity index (χ0n) is 33.7. The molecule has 7 rings (SSSR count). The van der Waals surface area contributed by atoms with Crippen molar-refractivity contribution in [1.82, 2.24) is 5.32 Å². The van der Waals surface area contributed by atoms with E-state index in [1.165, 1.54) is 19.1 Å². The lowest BCUT2D eigenvalue weighted by Crippen LogP contribution is -2.81. The molecule has 0 unspecified atom stereocenters. The van der Waals surface area contributed by atoms with Gasteiger partial charge in [-0.25, -0.2) is 14.4 Å². The number of nitrogens with one attached hydrogen (secondary N) is 1. The third-order valence-corrected chi connectivity index (χ3v) is 12.8. The molecule has 0 aromatic heterocycles. The predicted octanol–water partition coefficient (Wildman–Crippen LogP) is 3.28. The van der Waals surface area contributed by atoms with E-state index in [4.69, 9.17) is 28.4 Å². The van der Waals surface area contributed by atoms with E-state index in [-0.39, 0.29) is 23.3 Å². The summed E-state index contributed by atoms with van der Waals surface area (Å²) in [5.41, 5.74) is -7.45. The van der Waals surface area contributed by atoms with Crippen molar-refractivity contribution in [3.05, 3.63) is 82.9 Å². The molecule has 58 heavy (non-hydrogen) atoms. The summed E-state index contributed by atoms with van der Waals surface area (Å²) in [6.45, 7) is 12.2. The fourth-order valence-electron chi connectivity index (χ4n) is 9.95. The van der Waals surface area contributed by atoms with E-state index in [1.807, 2.05) is 0 Å². The number of esters is 3. The minimum absolute atomic E-state index is 0.0104. The lowest BCUT2D eigenvalue weighted by molar-refractivity contribution is -0.325. The van der Waals surface area contributed by atoms with Crippen LogP contribution in [0.5, 0.6) is 0 Å². The van der Waals surface area contributed by atoms with E-state index in [9.17, 15) is 34.5 Å². The molecule has 2 aromatic carbocycles. The van der Waals surface area contributed by atoms with Gasteiger partial charge in [0.1, 0.15) is 41.7 Å². The normalized spacial score (nSPS) is 35.5. The van der Waals surface area contributed by atoms with Gasteiger partial charge in [-0.1, -0.05) is 62.4 Å². The number of hydrogen-bond acceptors (Lipinski definition) is 14. The van der Waals surface area contributed by atoms with E-state index in [1.54, 1.807) is 97.0 Å². The summed E-state index contributed by atoms with van der Waals surface area (Å²) in [6.07, 6.45) is -10.9. The van der Waals surface area contributed by atoms with Gasteiger partial charge in [0.15, 0.2) is 17.5 Å². The number of alkyl carbamates (subject to hydrolysis) is 1. The van der Waals surface area contributed by atoms with Crippen molar-refractivity contribution in [1.29, 1.82) is 0 Å². The SMILES string of the molecule is CC(=O)O[C@@]12CO[C@@H]1[C@@H]1O[C@@H]1[C@@]1(C)C(=O)[C@H](O)C3=C(C)[C@H](OC(=O)[C@@H](O)[C@@H](NC(=O)OC(C)(C)C)c4ccccc4)C[C@@](O)([C@H](OC(=O)c4ccccc4)[C@H]21)C3(C)C. The smallest absolute Gasteiger partial charge is 0.408 e. The van der Waals surface area contributed by atoms with Crippen molar-refractivity contribution >= 4 is 29.8 Å². The molecule has 0 radical (unpaired) electrons. The van der Waals surface area contributed by atoms with E-state index >= 15 is 4.79 Å². The molecular formula is C43H51NO14. The number of fused-ring (bicyclic) bond motifs is 8. The second-order valence-electron chi connectivity index (χ2n) is 17.8. The maximum Gasteiger partial charge on any atom is 0.408 e. The highest BCUT2D eigenvalue weighted by molar-refractivity contribution is 5.94. The Morgan fingerprint density at radius 1 is 0.948 bits per heavy atom. The van der Waals surface area contributed by atoms with Gasteiger partial charge < -0.3 is 49.1 Å². The van der Waals surface area contributed by atoms with E-state index in [2.05, 4.69) is 5.32 Å². The molecule has 4 fully saturated rings. The van der Waals surface area contributed by atoms with Crippen LogP contribution < -0.4 is 5.32 Å². The number of ketones is 1. The van der Waals surface area contributed by atoms with Crippen LogP contribution in [0.1, 0.15) is 83.8 Å². The van der Waals surface area contributed by atoms with Crippen LogP contribution in [0.15, 0.2) is 71.8 Å². The zero-order chi connectivity index (χ0) is 42.3. The molecule has 2 saturated carbocycles. The first-order valence-corrected chi connectivity index (χ1v) is 19.4. The van der Waals surface area contributed by atoms with Crippen molar-refractivity contribution in [3.8, 4) is 0 Å². The number of aliphatic hydroxyl groups excluding tert-OH is 2. The highest BCUT2D eigenvalue weighted by Crippen LogP contribution is 2.68. The van der Waals surface area contributed by atoms with Crippen LogP contribution in [-0.2, 0) is 42.8 Å². The Kier molecular flexibility index (Phi) is 10.2. The van der Waals surface area contributed by atoms with Gasteiger partial charge in [-0.05, 0) is 63.5 Å². The zero-order valence-corrected chi connectivity index (χ0v) is 33.7. The van der Waals surface area contributed by atoms with Crippen LogP contribution in [0.2, 0.25) is 0 Å². The van der Waals surface area contributed by atoms with Gasteiger partial charge >= 0.3 is 24.0 Å². The maximum atomic E-state index is 15.1. The average Bonchev–Trinajstić information content (AvgIpc) is 3.93. The number of benzene rings is 2. The fourth-order valence-corrected chi connectivity index (χ4v) is 9.95. The predicted molar refractivity (Wildman–Crippen MR) is 202 cm³/mol. The van der Waals surface area contributed by atoms with Crippen LogP contribution >= 0.6 is 0 Å². The molecule has 2 saturated heterocycles. The number of epoxide rings is 1. The molecule has 4 N–H and O–H groups in total. The highest BCUT2D eigenvalue weighted by Gasteiger charge is 2.84. The van der Waals surface area contributed by atoms with Gasteiger partial charge in [-0.3, -0.25) is 9.59 Å². The Hall–Kier alpha value is -4.67. The van der Waals surface area contributed by atoms with Crippen molar-refractivity contribution in [2.75, 3.05) is 6.61 Å². The molecule has 312 valence electrons. The molecule has 2 heterocycles. The van der Waals surface area contributed by atoms with Gasteiger partial charge in [0, 0.05) is 18.8 Å². The summed E-state index contributed by atoms with van der Waals surface area (Å²) in [5, 5.41) is 39.9. The minimum Gasteiger partial charge on any atom is -0.456 e. The molecule has 12 atom stereocenters. The first kappa shape index (κ1) is 41.5. The molecule has 15 heteroatoms. The molecule has 0 spiro atoms. The van der Waals surface area contributed by atoms with Gasteiger partial charge in [-0.15, -0.1) is 0 Å². The summed E-state index contributed by atoms with van der Waals surface area (Å²) in [6, 6.07) is 14.8. The van der Waals surface area contributed by atoms with Crippen LogP contribution in [0.3, 0.4) is 0 Å². The summed E-state index contributed by atoms with van der Waals surface area (Å²) in [7, 11) is 0. The number of amides is 1. The van der Waals surface area contributed by atoms with Crippen molar-refractivity contribution in [3.63, 3.8) is 0 Å². The largest absolute Gasteiger partial charge is 0.456 e. The van der Waals surface area contributed by atoms with Gasteiger partial charge in [-0.2, -0.15) is 0 Å². The average molecular weight is 806 g/mol. The third kappa shape index (κ3) is 6.51. The minimum atomic E-state index is -2.28. The molecule has 1 amide bonds. The quantitative estimate of drug-likeness (QED) is 0.130. The molecule has 2 aromatic rings. The summed E-state index contributed by atoms with van der Waals surface area (Å²) in [5.74, 6) is -4.90. The van der Waals surface area contributed by atoms with Crippen molar-refractivity contribution in [2.24, 2.45) is 16.7 Å². The summed E-state index contributed by atoms with van der Waals surface area (Å²) in [4.78, 5) is 69.2. The Morgan fingerprint density at radius 3 is 2.14 bits per heavy atom. The lowest BCUT2D eigenvalue weighted by atomic mass is 9.45. The van der Waals surface area contributed by atoms with Crippen molar-refractivity contribution < 1.29 is 67.7 Å². The summed E-state index contributed by atoms with van der Waals surface area (Å²) >= 11 is 0. The number of carbonyl (C=O) groups excluding carboxylic acids is 5. The Bertz CT molecular complexity index is 2030. The van der Waals surface area contributed by atoms with E-state index in [0.717, 1.165) is 0 Å². The Balaban J connectivity index is 1.34. The monoisotopic (exact) mass is 805 g/mol. The van der Waals surface area contributed by atoms with Crippen LogP contribution in [0.4, 0.5) is 4.79 Å².